The second-order valence-electron chi connectivity index (χ2n) is 6.22. The van der Waals surface area contributed by atoms with Gasteiger partial charge in [0.1, 0.15) is 0 Å². The van der Waals surface area contributed by atoms with E-state index in [9.17, 15) is 4.79 Å². The van der Waals surface area contributed by atoms with E-state index in [1.807, 2.05) is 17.0 Å². The van der Waals surface area contributed by atoms with Crippen LogP contribution in [0.5, 0.6) is 0 Å². The molecule has 2 fully saturated rings. The zero-order valence-electron chi connectivity index (χ0n) is 13.9. The van der Waals surface area contributed by atoms with Crippen LogP contribution >= 0.6 is 11.6 Å². The van der Waals surface area contributed by atoms with Crippen molar-refractivity contribution in [2.45, 2.75) is 0 Å². The molecule has 2 saturated heterocycles. The quantitative estimate of drug-likeness (QED) is 0.898. The molecule has 0 aromatic heterocycles. The third-order valence-corrected chi connectivity index (χ3v) is 4.84. The van der Waals surface area contributed by atoms with Crippen molar-refractivity contribution in [2.24, 2.45) is 0 Å². The summed E-state index contributed by atoms with van der Waals surface area (Å²) >= 11 is 5.86. The van der Waals surface area contributed by atoms with Crippen molar-refractivity contribution in [3.05, 3.63) is 29.3 Å². The van der Waals surface area contributed by atoms with Gasteiger partial charge in [0.05, 0.1) is 13.2 Å². The summed E-state index contributed by atoms with van der Waals surface area (Å²) in [7, 11) is 0. The highest BCUT2D eigenvalue weighted by Crippen LogP contribution is 2.14. The fraction of sp³-hybridized carbons (Fsp3) is 0.588. The number of rotatable bonds is 4. The number of ether oxygens (including phenoxy) is 1. The number of hydrogen-bond donors (Lipinski definition) is 1. The van der Waals surface area contributed by atoms with Crippen molar-refractivity contribution in [3.63, 3.8) is 0 Å². The van der Waals surface area contributed by atoms with Gasteiger partial charge >= 0.3 is 6.03 Å². The summed E-state index contributed by atoms with van der Waals surface area (Å²) in [5.41, 5.74) is 0.777. The summed E-state index contributed by atoms with van der Waals surface area (Å²) in [6, 6.07) is 7.16. The number of nitrogens with zero attached hydrogens (tertiary/aromatic N) is 3. The Morgan fingerprint density at radius 1 is 0.958 bits per heavy atom. The van der Waals surface area contributed by atoms with E-state index in [-0.39, 0.29) is 6.03 Å². The summed E-state index contributed by atoms with van der Waals surface area (Å²) in [5, 5.41) is 3.59. The molecule has 1 aromatic rings. The zero-order chi connectivity index (χ0) is 16.8. The van der Waals surface area contributed by atoms with Crippen molar-refractivity contribution in [2.75, 3.05) is 70.9 Å². The minimum atomic E-state index is -0.0369. The number of halogens is 1. The molecule has 0 atom stereocenters. The monoisotopic (exact) mass is 352 g/mol. The molecule has 24 heavy (non-hydrogen) atoms. The minimum absolute atomic E-state index is 0.0369. The number of benzene rings is 1. The summed E-state index contributed by atoms with van der Waals surface area (Å²) in [6.45, 7) is 9.29. The van der Waals surface area contributed by atoms with Gasteiger partial charge < -0.3 is 15.0 Å². The fourth-order valence-electron chi connectivity index (χ4n) is 3.02. The summed E-state index contributed by atoms with van der Waals surface area (Å²) in [4.78, 5) is 19.1. The number of carbonyl (C=O) groups excluding carboxylic acids is 1. The molecule has 2 amide bonds. The van der Waals surface area contributed by atoms with E-state index in [1.54, 1.807) is 12.1 Å². The van der Waals surface area contributed by atoms with Gasteiger partial charge in [0.25, 0.3) is 0 Å². The van der Waals surface area contributed by atoms with Gasteiger partial charge in [-0.05, 0) is 24.3 Å². The topological polar surface area (TPSA) is 48.1 Å². The Bertz CT molecular complexity index is 526. The Balaban J connectivity index is 1.38. The van der Waals surface area contributed by atoms with Gasteiger partial charge in [-0.25, -0.2) is 4.79 Å². The van der Waals surface area contributed by atoms with E-state index in [0.29, 0.717) is 5.02 Å². The smallest absolute Gasteiger partial charge is 0.321 e. The normalized spacial score (nSPS) is 20.1. The van der Waals surface area contributed by atoms with Crippen LogP contribution in [0.1, 0.15) is 0 Å². The third-order valence-electron chi connectivity index (χ3n) is 4.59. The number of amides is 2. The molecule has 0 spiro atoms. The van der Waals surface area contributed by atoms with E-state index in [0.717, 1.165) is 71.3 Å². The molecule has 6 nitrogen and oxygen atoms in total. The first-order chi connectivity index (χ1) is 11.7. The maximum Gasteiger partial charge on any atom is 0.321 e. The molecule has 0 radical (unpaired) electrons. The molecular formula is C17H25ClN4O2. The average molecular weight is 353 g/mol. The Hall–Kier alpha value is -1.34. The van der Waals surface area contributed by atoms with Crippen molar-refractivity contribution in [1.82, 2.24) is 14.7 Å². The largest absolute Gasteiger partial charge is 0.379 e. The van der Waals surface area contributed by atoms with Crippen molar-refractivity contribution >= 4 is 23.3 Å². The summed E-state index contributed by atoms with van der Waals surface area (Å²) in [6.07, 6.45) is 0. The molecule has 0 saturated carbocycles. The number of piperazine rings is 1. The number of urea groups is 1. The first-order valence-electron chi connectivity index (χ1n) is 8.55. The number of morpholine rings is 1. The second kappa shape index (κ2) is 8.67. The van der Waals surface area contributed by atoms with Crippen LogP contribution in [-0.2, 0) is 4.74 Å². The highest BCUT2D eigenvalue weighted by atomic mass is 35.5. The minimum Gasteiger partial charge on any atom is -0.379 e. The maximum atomic E-state index is 12.3. The molecule has 0 unspecified atom stereocenters. The Labute approximate surface area is 148 Å². The van der Waals surface area contributed by atoms with E-state index >= 15 is 0 Å². The summed E-state index contributed by atoms with van der Waals surface area (Å²) in [5.74, 6) is 0. The first kappa shape index (κ1) is 17.5. The lowest BCUT2D eigenvalue weighted by atomic mass is 10.3. The van der Waals surface area contributed by atoms with Crippen molar-refractivity contribution < 1.29 is 9.53 Å². The van der Waals surface area contributed by atoms with Crippen LogP contribution in [0, 0.1) is 0 Å². The van der Waals surface area contributed by atoms with Gasteiger partial charge in [0.2, 0.25) is 0 Å². The Morgan fingerprint density at radius 2 is 1.54 bits per heavy atom. The lowest BCUT2D eigenvalue weighted by molar-refractivity contribution is 0.0311. The molecule has 2 aliphatic rings. The van der Waals surface area contributed by atoms with Gasteiger partial charge in [-0.2, -0.15) is 0 Å². The molecule has 132 valence electrons. The van der Waals surface area contributed by atoms with Crippen LogP contribution in [0.15, 0.2) is 24.3 Å². The molecule has 2 heterocycles. The highest BCUT2D eigenvalue weighted by Gasteiger charge is 2.21. The number of anilines is 1. The third kappa shape index (κ3) is 5.08. The van der Waals surface area contributed by atoms with Crippen molar-refractivity contribution in [3.8, 4) is 0 Å². The molecule has 0 aliphatic carbocycles. The van der Waals surface area contributed by atoms with E-state index in [2.05, 4.69) is 15.1 Å². The number of nitrogens with one attached hydrogen (secondary N) is 1. The first-order valence-corrected chi connectivity index (χ1v) is 8.92. The highest BCUT2D eigenvalue weighted by molar-refractivity contribution is 6.30. The van der Waals surface area contributed by atoms with Crippen LogP contribution in [0.3, 0.4) is 0 Å². The van der Waals surface area contributed by atoms with Crippen LogP contribution in [0.2, 0.25) is 5.02 Å². The molecule has 1 N–H and O–H groups in total. The van der Waals surface area contributed by atoms with Gasteiger partial charge in [-0.15, -0.1) is 0 Å². The van der Waals surface area contributed by atoms with Crippen molar-refractivity contribution in [1.29, 1.82) is 0 Å². The van der Waals surface area contributed by atoms with E-state index in [4.69, 9.17) is 16.3 Å². The van der Waals surface area contributed by atoms with Crippen LogP contribution < -0.4 is 5.32 Å². The Morgan fingerprint density at radius 3 is 2.17 bits per heavy atom. The van der Waals surface area contributed by atoms with E-state index < -0.39 is 0 Å². The van der Waals surface area contributed by atoms with Crippen LogP contribution in [-0.4, -0.2) is 86.3 Å². The van der Waals surface area contributed by atoms with Gasteiger partial charge in [-0.3, -0.25) is 9.80 Å². The maximum absolute atomic E-state index is 12.3. The Kier molecular flexibility index (Phi) is 6.31. The molecule has 7 heteroatoms. The molecule has 1 aromatic carbocycles. The molecule has 2 aliphatic heterocycles. The molecule has 0 bridgehead atoms. The lowest BCUT2D eigenvalue weighted by Gasteiger charge is -2.36. The number of hydrogen-bond acceptors (Lipinski definition) is 4. The molecule has 3 rings (SSSR count). The predicted octanol–water partition coefficient (Wildman–Crippen LogP) is 1.82. The van der Waals surface area contributed by atoms with Crippen LogP contribution in [0.4, 0.5) is 10.5 Å². The second-order valence-corrected chi connectivity index (χ2v) is 6.66. The average Bonchev–Trinajstić information content (AvgIpc) is 2.63. The van der Waals surface area contributed by atoms with Crippen LogP contribution in [0.25, 0.3) is 0 Å². The summed E-state index contributed by atoms with van der Waals surface area (Å²) < 4.78 is 5.37. The van der Waals surface area contributed by atoms with Gasteiger partial charge in [0, 0.05) is 63.1 Å². The van der Waals surface area contributed by atoms with Gasteiger partial charge in [0.15, 0.2) is 0 Å². The fourth-order valence-corrected chi connectivity index (χ4v) is 3.14. The standard InChI is InChI=1S/C17H25ClN4O2/c18-15-1-3-16(4-2-15)19-17(23)22-9-7-20(8-10-22)5-6-21-11-13-24-14-12-21/h1-4H,5-14H2,(H,19,23). The van der Waals surface area contributed by atoms with Gasteiger partial charge in [-0.1, -0.05) is 11.6 Å². The zero-order valence-corrected chi connectivity index (χ0v) is 14.7. The number of carbonyl (C=O) groups is 1. The lowest BCUT2D eigenvalue weighted by Crippen LogP contribution is -2.51. The SMILES string of the molecule is O=C(Nc1ccc(Cl)cc1)N1CCN(CCN2CCOCC2)CC1. The molecular weight excluding hydrogens is 328 g/mol. The van der Waals surface area contributed by atoms with E-state index in [1.165, 1.54) is 0 Å². The predicted molar refractivity (Wildman–Crippen MR) is 95.7 cm³/mol.